The van der Waals surface area contributed by atoms with Crippen molar-refractivity contribution < 1.29 is 19.4 Å². The lowest BCUT2D eigenvalue weighted by Crippen LogP contribution is -2.04. The van der Waals surface area contributed by atoms with E-state index in [1.54, 1.807) is 18.2 Å². The number of thiazole rings is 1. The SMILES string of the molecule is COC(=O)C(=Cc1ccc(C)cc1)c1ccc(Oc2ccc(Cc3sc(=O)[nH]c3O)cc2)cc1. The maximum atomic E-state index is 12.4. The predicted octanol–water partition coefficient (Wildman–Crippen LogP) is 5.55. The van der Waals surface area contributed by atoms with Gasteiger partial charge in [0.05, 0.1) is 17.6 Å². The van der Waals surface area contributed by atoms with Gasteiger partial charge in [-0.25, -0.2) is 4.79 Å². The Labute approximate surface area is 200 Å². The molecule has 0 aliphatic heterocycles. The van der Waals surface area contributed by atoms with Gasteiger partial charge in [-0.2, -0.15) is 0 Å². The summed E-state index contributed by atoms with van der Waals surface area (Å²) >= 11 is 0.994. The molecule has 0 unspecified atom stereocenters. The normalized spacial score (nSPS) is 11.3. The second-order valence-corrected chi connectivity index (χ2v) is 8.76. The van der Waals surface area contributed by atoms with E-state index in [2.05, 4.69) is 4.98 Å². The quantitative estimate of drug-likeness (QED) is 0.209. The average molecular weight is 474 g/mol. The summed E-state index contributed by atoms with van der Waals surface area (Å²) in [6, 6.07) is 22.5. The van der Waals surface area contributed by atoms with E-state index in [4.69, 9.17) is 9.47 Å². The first-order valence-corrected chi connectivity index (χ1v) is 11.4. The maximum absolute atomic E-state index is 12.4. The lowest BCUT2D eigenvalue weighted by atomic mass is 10.0. The number of H-pyrrole nitrogens is 1. The van der Waals surface area contributed by atoms with Crippen molar-refractivity contribution >= 4 is 29.0 Å². The first kappa shape index (κ1) is 23.1. The molecule has 0 aliphatic rings. The van der Waals surface area contributed by atoms with Crippen LogP contribution in [0.3, 0.4) is 0 Å². The number of carbonyl (C=O) groups is 1. The van der Waals surface area contributed by atoms with Gasteiger partial charge < -0.3 is 14.6 Å². The summed E-state index contributed by atoms with van der Waals surface area (Å²) in [5.41, 5.74) is 4.17. The van der Waals surface area contributed by atoms with Gasteiger partial charge in [-0.15, -0.1) is 0 Å². The van der Waals surface area contributed by atoms with Crippen LogP contribution in [0.4, 0.5) is 0 Å². The van der Waals surface area contributed by atoms with Crippen molar-refractivity contribution in [3.63, 3.8) is 0 Å². The summed E-state index contributed by atoms with van der Waals surface area (Å²) in [6.07, 6.45) is 2.26. The molecule has 0 atom stereocenters. The molecule has 34 heavy (non-hydrogen) atoms. The van der Waals surface area contributed by atoms with E-state index in [-0.39, 0.29) is 10.8 Å². The minimum Gasteiger partial charge on any atom is -0.494 e. The molecule has 0 bridgehead atoms. The van der Waals surface area contributed by atoms with E-state index in [0.717, 1.165) is 33.6 Å². The van der Waals surface area contributed by atoms with Gasteiger partial charge in [0.1, 0.15) is 11.5 Å². The van der Waals surface area contributed by atoms with Crippen molar-refractivity contribution in [1.82, 2.24) is 4.98 Å². The molecule has 0 aliphatic carbocycles. The van der Waals surface area contributed by atoms with E-state index in [1.807, 2.05) is 67.6 Å². The van der Waals surface area contributed by atoms with Gasteiger partial charge in [-0.05, 0) is 54.0 Å². The molecule has 4 aromatic rings. The van der Waals surface area contributed by atoms with Crippen molar-refractivity contribution in [3.8, 4) is 17.4 Å². The van der Waals surface area contributed by atoms with Crippen LogP contribution in [-0.4, -0.2) is 23.2 Å². The number of rotatable bonds is 7. The number of aromatic hydroxyl groups is 1. The summed E-state index contributed by atoms with van der Waals surface area (Å²) in [5, 5.41) is 9.74. The van der Waals surface area contributed by atoms with Gasteiger partial charge >= 0.3 is 10.8 Å². The topological polar surface area (TPSA) is 88.6 Å². The zero-order chi connectivity index (χ0) is 24.1. The van der Waals surface area contributed by atoms with Gasteiger partial charge in [0.25, 0.3) is 0 Å². The number of aromatic amines is 1. The third-order valence-electron chi connectivity index (χ3n) is 5.18. The number of hydrogen-bond donors (Lipinski definition) is 2. The van der Waals surface area contributed by atoms with Crippen molar-refractivity contribution in [2.24, 2.45) is 0 Å². The fraction of sp³-hybridized carbons (Fsp3) is 0.111. The van der Waals surface area contributed by atoms with Crippen LogP contribution in [0.2, 0.25) is 0 Å². The Morgan fingerprint density at radius 1 is 0.971 bits per heavy atom. The number of aromatic nitrogens is 1. The number of esters is 1. The van der Waals surface area contributed by atoms with Gasteiger partial charge in [0, 0.05) is 6.42 Å². The number of hydrogen-bond acceptors (Lipinski definition) is 6. The van der Waals surface area contributed by atoms with E-state index in [1.165, 1.54) is 7.11 Å². The Kier molecular flexibility index (Phi) is 6.94. The van der Waals surface area contributed by atoms with E-state index in [0.29, 0.717) is 28.4 Å². The van der Waals surface area contributed by atoms with Crippen LogP contribution >= 0.6 is 11.3 Å². The minimum atomic E-state index is -0.414. The fourth-order valence-corrected chi connectivity index (χ4v) is 4.13. The number of methoxy groups -OCH3 is 1. The van der Waals surface area contributed by atoms with Crippen molar-refractivity contribution in [1.29, 1.82) is 0 Å². The van der Waals surface area contributed by atoms with Crippen LogP contribution in [0, 0.1) is 6.92 Å². The summed E-state index contributed by atoms with van der Waals surface area (Å²) in [6.45, 7) is 2.01. The number of ether oxygens (including phenoxy) is 2. The number of aryl methyl sites for hydroxylation is 1. The van der Waals surface area contributed by atoms with Gasteiger partial charge in [0.15, 0.2) is 0 Å². The van der Waals surface area contributed by atoms with Crippen LogP contribution in [0.1, 0.15) is 27.1 Å². The molecule has 6 nitrogen and oxygen atoms in total. The molecular weight excluding hydrogens is 450 g/mol. The van der Waals surface area contributed by atoms with Crippen LogP contribution in [0.15, 0.2) is 77.6 Å². The number of carbonyl (C=O) groups excluding carboxylic acids is 1. The standard InChI is InChI=1S/C27H23NO5S/c1-17-3-5-18(6-4-17)15-23(26(30)32-2)20-9-13-22(14-10-20)33-21-11-7-19(8-12-21)16-24-25(29)28-27(31)34-24/h3-15,29H,16H2,1-2H3,(H,28,31). The zero-order valence-electron chi connectivity index (χ0n) is 18.7. The van der Waals surface area contributed by atoms with Gasteiger partial charge in [0.2, 0.25) is 5.88 Å². The Morgan fingerprint density at radius 2 is 1.59 bits per heavy atom. The molecule has 3 aromatic carbocycles. The summed E-state index contributed by atoms with van der Waals surface area (Å²) in [4.78, 5) is 26.4. The first-order chi connectivity index (χ1) is 16.4. The third-order valence-corrected chi connectivity index (χ3v) is 6.05. The van der Waals surface area contributed by atoms with Crippen LogP contribution in [0.5, 0.6) is 17.4 Å². The molecule has 0 fully saturated rings. The fourth-order valence-electron chi connectivity index (χ4n) is 3.37. The molecule has 0 radical (unpaired) electrons. The molecule has 4 rings (SSSR count). The Balaban J connectivity index is 1.48. The van der Waals surface area contributed by atoms with E-state index < -0.39 is 5.97 Å². The van der Waals surface area contributed by atoms with Crippen molar-refractivity contribution in [2.75, 3.05) is 7.11 Å². The molecule has 172 valence electrons. The maximum Gasteiger partial charge on any atom is 0.338 e. The largest absolute Gasteiger partial charge is 0.494 e. The van der Waals surface area contributed by atoms with Crippen LogP contribution in [-0.2, 0) is 16.0 Å². The van der Waals surface area contributed by atoms with Gasteiger partial charge in [-0.1, -0.05) is 65.4 Å². The number of benzene rings is 3. The highest BCUT2D eigenvalue weighted by molar-refractivity contribution is 7.09. The average Bonchev–Trinajstić information content (AvgIpc) is 3.16. The summed E-state index contributed by atoms with van der Waals surface area (Å²) < 4.78 is 10.9. The molecule has 0 amide bonds. The lowest BCUT2D eigenvalue weighted by molar-refractivity contribution is -0.133. The molecule has 2 N–H and O–H groups in total. The zero-order valence-corrected chi connectivity index (χ0v) is 19.5. The Morgan fingerprint density at radius 3 is 2.15 bits per heavy atom. The molecule has 1 heterocycles. The van der Waals surface area contributed by atoms with Gasteiger partial charge in [-0.3, -0.25) is 9.78 Å². The predicted molar refractivity (Wildman–Crippen MR) is 133 cm³/mol. The van der Waals surface area contributed by atoms with Crippen LogP contribution < -0.4 is 9.61 Å². The molecular formula is C27H23NO5S. The highest BCUT2D eigenvalue weighted by Gasteiger charge is 2.13. The van der Waals surface area contributed by atoms with Crippen molar-refractivity contribution in [2.45, 2.75) is 13.3 Å². The van der Waals surface area contributed by atoms with E-state index in [9.17, 15) is 14.7 Å². The highest BCUT2D eigenvalue weighted by Crippen LogP contribution is 2.27. The third kappa shape index (κ3) is 5.63. The van der Waals surface area contributed by atoms with Crippen LogP contribution in [0.25, 0.3) is 11.6 Å². The first-order valence-electron chi connectivity index (χ1n) is 10.6. The number of nitrogens with one attached hydrogen (secondary N) is 1. The molecule has 1 aromatic heterocycles. The molecule has 0 saturated heterocycles. The minimum absolute atomic E-state index is 0.0850. The summed E-state index contributed by atoms with van der Waals surface area (Å²) in [5.74, 6) is 0.769. The smallest absolute Gasteiger partial charge is 0.338 e. The molecule has 0 spiro atoms. The van der Waals surface area contributed by atoms with Crippen molar-refractivity contribution in [3.05, 3.63) is 110 Å². The Hall–Kier alpha value is -4.10. The molecule has 7 heteroatoms. The molecule has 0 saturated carbocycles. The lowest BCUT2D eigenvalue weighted by Gasteiger charge is -2.10. The second kappa shape index (κ2) is 10.2. The highest BCUT2D eigenvalue weighted by atomic mass is 32.1. The Bertz CT molecular complexity index is 1360. The summed E-state index contributed by atoms with van der Waals surface area (Å²) in [7, 11) is 1.37. The second-order valence-electron chi connectivity index (χ2n) is 7.69. The monoisotopic (exact) mass is 473 g/mol. The van der Waals surface area contributed by atoms with E-state index >= 15 is 0 Å².